The van der Waals surface area contributed by atoms with E-state index in [2.05, 4.69) is 30.8 Å². The predicted molar refractivity (Wildman–Crippen MR) is 129 cm³/mol. The van der Waals surface area contributed by atoms with Crippen molar-refractivity contribution in [2.75, 3.05) is 0 Å². The number of aliphatic hydroxyl groups is 2. The number of aromatic nitrogens is 6. The lowest BCUT2D eigenvalue weighted by Crippen LogP contribution is -2.39. The van der Waals surface area contributed by atoms with Crippen molar-refractivity contribution < 1.29 is 24.3 Å². The normalized spacial score (nSPS) is 17.5. The van der Waals surface area contributed by atoms with E-state index in [0.29, 0.717) is 46.5 Å². The zero-order chi connectivity index (χ0) is 25.4. The van der Waals surface area contributed by atoms with E-state index in [-0.39, 0.29) is 25.2 Å². The van der Waals surface area contributed by atoms with Crippen molar-refractivity contribution in [2.45, 2.75) is 44.6 Å². The molecule has 0 aliphatic heterocycles. The van der Waals surface area contributed by atoms with Gasteiger partial charge >= 0.3 is 0 Å². The van der Waals surface area contributed by atoms with Crippen molar-refractivity contribution in [3.05, 3.63) is 65.7 Å². The number of aliphatic hydroxyl groups excluding tert-OH is 2. The fourth-order valence-electron chi connectivity index (χ4n) is 4.46. The second kappa shape index (κ2) is 9.56. The van der Waals surface area contributed by atoms with Crippen molar-refractivity contribution in [1.82, 2.24) is 35.3 Å². The third kappa shape index (κ3) is 4.36. The summed E-state index contributed by atoms with van der Waals surface area (Å²) in [5, 5.41) is 40.7. The first kappa shape index (κ1) is 23.0. The zero-order valence-corrected chi connectivity index (χ0v) is 19.6. The molecule has 3 N–H and O–H groups in total. The number of ether oxygens (including phenoxy) is 1. The molecule has 12 heteroatoms. The maximum absolute atomic E-state index is 12.5. The number of nitrogens with zero attached hydrogens (tertiary/aromatic N) is 6. The van der Waals surface area contributed by atoms with Gasteiger partial charge in [0.2, 0.25) is 11.7 Å². The average molecular weight is 502 g/mol. The van der Waals surface area contributed by atoms with Crippen LogP contribution in [0.2, 0.25) is 0 Å². The summed E-state index contributed by atoms with van der Waals surface area (Å²) in [6.07, 6.45) is 3.36. The molecule has 4 heterocycles. The van der Waals surface area contributed by atoms with Crippen LogP contribution in [0.1, 0.15) is 41.1 Å². The lowest BCUT2D eigenvalue weighted by atomic mass is 10.2. The Morgan fingerprint density at radius 3 is 2.76 bits per heavy atom. The quantitative estimate of drug-likeness (QED) is 0.301. The fourth-order valence-corrected chi connectivity index (χ4v) is 4.46. The SMILES string of the molecule is O=C(N[C@H]1CCCC1O)c1ccc(COc2nn3c(-c4cc(CO)on4)nnc3c3ccccc23)nc1. The predicted octanol–water partition coefficient (Wildman–Crippen LogP) is 2.04. The maximum Gasteiger partial charge on any atom is 0.253 e. The van der Waals surface area contributed by atoms with Gasteiger partial charge in [-0.1, -0.05) is 23.4 Å². The molecule has 0 bridgehead atoms. The van der Waals surface area contributed by atoms with Gasteiger partial charge in [0.05, 0.1) is 23.4 Å². The van der Waals surface area contributed by atoms with Crippen molar-refractivity contribution in [2.24, 2.45) is 0 Å². The molecule has 1 aliphatic carbocycles. The molecule has 1 aliphatic rings. The Bertz CT molecular complexity index is 1580. The molecular weight excluding hydrogens is 478 g/mol. The van der Waals surface area contributed by atoms with Crippen LogP contribution in [0.15, 0.2) is 53.2 Å². The van der Waals surface area contributed by atoms with E-state index in [1.165, 1.54) is 10.7 Å². The molecule has 0 saturated heterocycles. The number of pyridine rings is 1. The third-order valence-corrected chi connectivity index (χ3v) is 6.41. The molecule has 1 fully saturated rings. The number of hydrogen-bond acceptors (Lipinski definition) is 10. The van der Waals surface area contributed by atoms with Crippen molar-refractivity contribution >= 4 is 22.3 Å². The van der Waals surface area contributed by atoms with Gasteiger partial charge in [-0.15, -0.1) is 15.3 Å². The number of fused-ring (bicyclic) bond motifs is 3. The molecule has 5 aromatic rings. The van der Waals surface area contributed by atoms with E-state index in [9.17, 15) is 15.0 Å². The monoisotopic (exact) mass is 501 g/mol. The second-order valence-electron chi connectivity index (χ2n) is 8.85. The lowest BCUT2D eigenvalue weighted by Gasteiger charge is -2.16. The van der Waals surface area contributed by atoms with Crippen LogP contribution < -0.4 is 10.1 Å². The number of hydrogen-bond donors (Lipinski definition) is 3. The van der Waals surface area contributed by atoms with E-state index in [1.807, 2.05) is 24.3 Å². The smallest absolute Gasteiger partial charge is 0.253 e. The maximum atomic E-state index is 12.5. The van der Waals surface area contributed by atoms with Gasteiger partial charge in [0, 0.05) is 23.0 Å². The third-order valence-electron chi connectivity index (χ3n) is 6.41. The van der Waals surface area contributed by atoms with E-state index >= 15 is 0 Å². The Hall–Kier alpha value is -4.42. The minimum atomic E-state index is -0.503. The van der Waals surface area contributed by atoms with Crippen molar-refractivity contribution in [3.8, 4) is 17.4 Å². The molecule has 37 heavy (non-hydrogen) atoms. The van der Waals surface area contributed by atoms with E-state index < -0.39 is 6.10 Å². The van der Waals surface area contributed by atoms with Gasteiger partial charge in [-0.05, 0) is 37.5 Å². The number of amides is 1. The molecular formula is C25H23N7O5. The lowest BCUT2D eigenvalue weighted by molar-refractivity contribution is 0.0873. The standard InChI is InChI=1S/C25H23N7O5/c33-12-16-10-20(31-37-16)23-29-28-22-17-4-1-2-5-18(17)25(30-32(22)23)36-13-15-9-8-14(11-26-15)24(35)27-19-6-3-7-21(19)34/h1-2,4-5,8-11,19,21,33-34H,3,6-7,12-13H2,(H,27,35)/t19-,21?/m0/s1. The van der Waals surface area contributed by atoms with Crippen LogP contribution in [-0.4, -0.2) is 58.2 Å². The summed E-state index contributed by atoms with van der Waals surface area (Å²) in [6.45, 7) is -0.174. The Morgan fingerprint density at radius 1 is 1.16 bits per heavy atom. The van der Waals surface area contributed by atoms with Gasteiger partial charge in [-0.2, -0.15) is 4.52 Å². The summed E-state index contributed by atoms with van der Waals surface area (Å²) >= 11 is 0. The summed E-state index contributed by atoms with van der Waals surface area (Å²) in [6, 6.07) is 12.3. The van der Waals surface area contributed by atoms with Gasteiger partial charge in [0.25, 0.3) is 5.91 Å². The molecule has 12 nitrogen and oxygen atoms in total. The van der Waals surface area contributed by atoms with Crippen LogP contribution in [0.25, 0.3) is 27.9 Å². The zero-order valence-electron chi connectivity index (χ0n) is 19.6. The number of carbonyl (C=O) groups excluding carboxylic acids is 1. The first-order valence-electron chi connectivity index (χ1n) is 11.9. The van der Waals surface area contributed by atoms with Gasteiger partial charge in [0.1, 0.15) is 13.2 Å². The van der Waals surface area contributed by atoms with E-state index in [1.54, 1.807) is 18.2 Å². The Morgan fingerprint density at radius 2 is 2.03 bits per heavy atom. The molecule has 6 rings (SSSR count). The molecule has 1 unspecified atom stereocenters. The fraction of sp³-hybridized carbons (Fsp3) is 0.280. The highest BCUT2D eigenvalue weighted by Gasteiger charge is 2.27. The molecule has 1 aromatic carbocycles. The Balaban J connectivity index is 1.25. The summed E-state index contributed by atoms with van der Waals surface area (Å²) in [4.78, 5) is 16.9. The average Bonchev–Trinajstić information content (AvgIpc) is 3.67. The topological polar surface area (TPSA) is 161 Å². The second-order valence-corrected chi connectivity index (χ2v) is 8.85. The highest BCUT2D eigenvalue weighted by molar-refractivity contribution is 5.97. The molecule has 1 saturated carbocycles. The van der Waals surface area contributed by atoms with Gasteiger partial charge in [0.15, 0.2) is 17.1 Å². The summed E-state index contributed by atoms with van der Waals surface area (Å²) in [5.41, 5.74) is 1.92. The first-order chi connectivity index (χ1) is 18.1. The Kier molecular flexibility index (Phi) is 5.94. The molecule has 4 aromatic heterocycles. The molecule has 0 spiro atoms. The number of nitrogens with one attached hydrogen (secondary N) is 1. The number of benzene rings is 1. The Labute approximate surface area is 209 Å². The summed E-state index contributed by atoms with van der Waals surface area (Å²) < 4.78 is 12.7. The molecule has 2 atom stereocenters. The van der Waals surface area contributed by atoms with Crippen LogP contribution in [0.3, 0.4) is 0 Å². The van der Waals surface area contributed by atoms with Crippen LogP contribution >= 0.6 is 0 Å². The molecule has 1 amide bonds. The van der Waals surface area contributed by atoms with Crippen molar-refractivity contribution in [3.63, 3.8) is 0 Å². The highest BCUT2D eigenvalue weighted by Crippen LogP contribution is 2.29. The number of carbonyl (C=O) groups is 1. The molecule has 188 valence electrons. The van der Waals surface area contributed by atoms with E-state index in [0.717, 1.165) is 23.6 Å². The van der Waals surface area contributed by atoms with Crippen LogP contribution in [0.5, 0.6) is 5.88 Å². The summed E-state index contributed by atoms with van der Waals surface area (Å²) in [5.74, 6) is 0.719. The minimum absolute atomic E-state index is 0.113. The minimum Gasteiger partial charge on any atom is -0.470 e. The highest BCUT2D eigenvalue weighted by atomic mass is 16.5. The molecule has 0 radical (unpaired) electrons. The van der Waals surface area contributed by atoms with Crippen LogP contribution in [0, 0.1) is 0 Å². The summed E-state index contributed by atoms with van der Waals surface area (Å²) in [7, 11) is 0. The first-order valence-corrected chi connectivity index (χ1v) is 11.9. The van der Waals surface area contributed by atoms with Gasteiger partial charge < -0.3 is 24.8 Å². The van der Waals surface area contributed by atoms with Crippen LogP contribution in [-0.2, 0) is 13.2 Å². The van der Waals surface area contributed by atoms with Gasteiger partial charge in [-0.25, -0.2) is 0 Å². The van der Waals surface area contributed by atoms with Crippen LogP contribution in [0.4, 0.5) is 0 Å². The van der Waals surface area contributed by atoms with E-state index in [4.69, 9.17) is 9.26 Å². The number of rotatable bonds is 7. The van der Waals surface area contributed by atoms with Crippen molar-refractivity contribution in [1.29, 1.82) is 0 Å². The van der Waals surface area contributed by atoms with Gasteiger partial charge in [-0.3, -0.25) is 9.78 Å². The largest absolute Gasteiger partial charge is 0.470 e.